The van der Waals surface area contributed by atoms with Gasteiger partial charge in [0.2, 0.25) is 0 Å². The number of aromatic carboxylic acids is 2. The van der Waals surface area contributed by atoms with Crippen molar-refractivity contribution >= 4 is 97.3 Å². The van der Waals surface area contributed by atoms with E-state index in [2.05, 4.69) is 14.8 Å². The lowest BCUT2D eigenvalue weighted by Crippen LogP contribution is -2.20. The summed E-state index contributed by atoms with van der Waals surface area (Å²) in [6.07, 6.45) is 0.816. The third kappa shape index (κ3) is 4.96. The van der Waals surface area contributed by atoms with Gasteiger partial charge in [0.25, 0.3) is 0 Å². The summed E-state index contributed by atoms with van der Waals surface area (Å²) in [5.74, 6) is -4.45. The van der Waals surface area contributed by atoms with Crippen molar-refractivity contribution < 1.29 is 38.9 Å². The van der Waals surface area contributed by atoms with Crippen LogP contribution in [0.3, 0.4) is 0 Å². The van der Waals surface area contributed by atoms with Crippen LogP contribution in [0.25, 0.3) is 0 Å². The highest BCUT2D eigenvalue weighted by molar-refractivity contribution is 14.1. The summed E-state index contributed by atoms with van der Waals surface area (Å²) in [6.45, 7) is 0. The number of anilines is 1. The van der Waals surface area contributed by atoms with Gasteiger partial charge in [0, 0.05) is 3.57 Å². The first-order valence-electron chi connectivity index (χ1n) is 6.38. The quantitative estimate of drug-likeness (QED) is 0.232. The maximum atomic E-state index is 11.9. The van der Waals surface area contributed by atoms with Gasteiger partial charge in [0.05, 0.1) is 44.3 Å². The van der Waals surface area contributed by atoms with E-state index in [0.717, 1.165) is 20.3 Å². The second-order valence-electron chi connectivity index (χ2n) is 4.38. The van der Waals surface area contributed by atoms with E-state index in [0.29, 0.717) is 0 Å². The van der Waals surface area contributed by atoms with Crippen LogP contribution in [0.2, 0.25) is 0 Å². The molecule has 0 amide bonds. The van der Waals surface area contributed by atoms with Gasteiger partial charge in [-0.3, -0.25) is 0 Å². The minimum absolute atomic E-state index is 0.0403. The van der Waals surface area contributed by atoms with Crippen molar-refractivity contribution in [1.29, 1.82) is 0 Å². The van der Waals surface area contributed by atoms with Crippen molar-refractivity contribution in [3.63, 3.8) is 0 Å². The second kappa shape index (κ2) is 9.67. The summed E-state index contributed by atoms with van der Waals surface area (Å²) in [5.41, 5.74) is -0.784. The lowest BCUT2D eigenvalue weighted by atomic mass is 10.1. The second-order valence-corrected chi connectivity index (χ2v) is 7.61. The molecule has 0 unspecified atom stereocenters. The Morgan fingerprint density at radius 2 is 1.35 bits per heavy atom. The first-order valence-corrected chi connectivity index (χ1v) is 9.62. The van der Waals surface area contributed by atoms with Crippen LogP contribution in [-0.4, -0.2) is 48.3 Å². The molecule has 3 N–H and O–H groups in total. The number of hydrogen-bond donors (Lipinski definition) is 3. The van der Waals surface area contributed by atoms with Gasteiger partial charge in [-0.1, -0.05) is 0 Å². The van der Waals surface area contributed by atoms with Crippen LogP contribution in [0.1, 0.15) is 20.7 Å². The number of carbonyl (C=O) groups excluding carboxylic acids is 2. The Kier molecular flexibility index (Phi) is 8.51. The van der Waals surface area contributed by atoms with E-state index in [1.54, 1.807) is 67.8 Å². The number of hydrogen-bond acceptors (Lipinski definition) is 7. The van der Waals surface area contributed by atoms with Crippen LogP contribution in [0.4, 0.5) is 5.69 Å². The lowest BCUT2D eigenvalue weighted by molar-refractivity contribution is -0.138. The van der Waals surface area contributed by atoms with Crippen molar-refractivity contribution in [1.82, 2.24) is 0 Å². The van der Waals surface area contributed by atoms with E-state index in [9.17, 15) is 29.4 Å². The summed E-state index contributed by atoms with van der Waals surface area (Å²) in [5, 5.41) is 21.4. The van der Waals surface area contributed by atoms with Crippen molar-refractivity contribution in [3.8, 4) is 0 Å². The van der Waals surface area contributed by atoms with Gasteiger partial charge in [-0.05, 0) is 67.8 Å². The molecule has 9 nitrogen and oxygen atoms in total. The molecular formula is C14H10I3NO8. The molecule has 0 radical (unpaired) electrons. The van der Waals surface area contributed by atoms with Gasteiger partial charge in [-0.15, -0.1) is 0 Å². The predicted molar refractivity (Wildman–Crippen MR) is 114 cm³/mol. The summed E-state index contributed by atoms with van der Waals surface area (Å²) in [7, 11) is 2.20. The Morgan fingerprint density at radius 3 is 1.69 bits per heavy atom. The fourth-order valence-electron chi connectivity index (χ4n) is 1.72. The fraction of sp³-hybridized carbons (Fsp3) is 0.143. The molecule has 0 saturated heterocycles. The summed E-state index contributed by atoms with van der Waals surface area (Å²) in [6, 6.07) is 0. The third-order valence-electron chi connectivity index (χ3n) is 2.87. The molecule has 0 heterocycles. The average Bonchev–Trinajstić information content (AvgIpc) is 2.55. The van der Waals surface area contributed by atoms with Gasteiger partial charge < -0.3 is 25.0 Å². The van der Waals surface area contributed by atoms with Crippen molar-refractivity contribution in [2.75, 3.05) is 19.5 Å². The maximum Gasteiger partial charge on any atom is 0.354 e. The number of nitrogens with one attached hydrogen (secondary N) is 1. The molecule has 0 fully saturated rings. The van der Waals surface area contributed by atoms with Gasteiger partial charge in [-0.2, -0.15) is 0 Å². The standard InChI is InChI=1S/C14H10I3NO8/c1-25-5(19)3-4(14(24)26-2)18-11-9(16)6(12(20)21)8(15)7(10(11)17)13(22)23/h3,18H,1-2H3,(H,20,21)(H,22,23)/b4-3+. The number of ether oxygens (including phenoxy) is 2. The van der Waals surface area contributed by atoms with E-state index in [-0.39, 0.29) is 33.2 Å². The number of halogens is 3. The third-order valence-corrected chi connectivity index (χ3v) is 6.11. The number of carboxylic acids is 2. The number of rotatable bonds is 6. The molecule has 0 bridgehead atoms. The topological polar surface area (TPSA) is 139 Å². The van der Waals surface area contributed by atoms with Crippen LogP contribution in [0, 0.1) is 10.7 Å². The number of carbonyl (C=O) groups is 4. The van der Waals surface area contributed by atoms with Crippen molar-refractivity contribution in [3.05, 3.63) is 33.6 Å². The van der Waals surface area contributed by atoms with Gasteiger partial charge >= 0.3 is 23.9 Å². The molecule has 26 heavy (non-hydrogen) atoms. The Morgan fingerprint density at radius 1 is 0.885 bits per heavy atom. The molecule has 1 rings (SSSR count). The van der Waals surface area contributed by atoms with Crippen molar-refractivity contribution in [2.45, 2.75) is 0 Å². The molecule has 0 atom stereocenters. The minimum Gasteiger partial charge on any atom is -0.478 e. The van der Waals surface area contributed by atoms with Gasteiger partial charge in [-0.25, -0.2) is 19.2 Å². The normalized spacial score (nSPS) is 10.9. The van der Waals surface area contributed by atoms with E-state index < -0.39 is 23.9 Å². The van der Waals surface area contributed by atoms with Crippen LogP contribution in [0.15, 0.2) is 11.8 Å². The molecule has 0 spiro atoms. The number of esters is 2. The number of methoxy groups -OCH3 is 2. The van der Waals surface area contributed by atoms with Crippen molar-refractivity contribution in [2.24, 2.45) is 0 Å². The zero-order valence-corrected chi connectivity index (χ0v) is 19.5. The molecule has 0 aliphatic heterocycles. The maximum absolute atomic E-state index is 11.9. The Labute approximate surface area is 187 Å². The molecule has 0 aliphatic carbocycles. The van der Waals surface area contributed by atoms with Crippen LogP contribution >= 0.6 is 67.8 Å². The van der Waals surface area contributed by atoms with Crippen LogP contribution < -0.4 is 5.32 Å². The Balaban J connectivity index is 3.73. The van der Waals surface area contributed by atoms with E-state index in [4.69, 9.17) is 0 Å². The zero-order chi connectivity index (χ0) is 20.2. The predicted octanol–water partition coefficient (Wildman–Crippen LogP) is 2.54. The molecule has 140 valence electrons. The molecule has 12 heteroatoms. The first kappa shape index (κ1) is 22.9. The minimum atomic E-state index is -1.34. The van der Waals surface area contributed by atoms with E-state index >= 15 is 0 Å². The van der Waals surface area contributed by atoms with Crippen LogP contribution in [0.5, 0.6) is 0 Å². The summed E-state index contributed by atoms with van der Waals surface area (Å²) >= 11 is 5.08. The highest BCUT2D eigenvalue weighted by atomic mass is 127. The highest BCUT2D eigenvalue weighted by Crippen LogP contribution is 2.36. The summed E-state index contributed by atoms with van der Waals surface area (Å²) < 4.78 is 9.39. The zero-order valence-electron chi connectivity index (χ0n) is 13.1. The largest absolute Gasteiger partial charge is 0.478 e. The number of benzene rings is 1. The molecule has 1 aromatic carbocycles. The average molecular weight is 701 g/mol. The number of carboxylic acid groups (broad SMARTS) is 2. The SMILES string of the molecule is COC(=O)/C=C(/Nc1c(I)c(C(=O)O)c(I)c(C(=O)O)c1I)C(=O)OC. The highest BCUT2D eigenvalue weighted by Gasteiger charge is 2.28. The lowest BCUT2D eigenvalue weighted by Gasteiger charge is -2.17. The molecule has 0 aromatic heterocycles. The smallest absolute Gasteiger partial charge is 0.354 e. The van der Waals surface area contributed by atoms with E-state index in [1.165, 1.54) is 0 Å². The monoisotopic (exact) mass is 701 g/mol. The Hall–Kier alpha value is -1.17. The molecular weight excluding hydrogens is 691 g/mol. The van der Waals surface area contributed by atoms with E-state index in [1.807, 2.05) is 0 Å². The van der Waals surface area contributed by atoms with Gasteiger partial charge in [0.15, 0.2) is 0 Å². The fourth-order valence-corrected chi connectivity index (χ4v) is 6.08. The van der Waals surface area contributed by atoms with Crippen LogP contribution in [-0.2, 0) is 19.1 Å². The van der Waals surface area contributed by atoms with Gasteiger partial charge in [0.1, 0.15) is 5.70 Å². The summed E-state index contributed by atoms with van der Waals surface area (Å²) in [4.78, 5) is 46.5. The first-order chi connectivity index (χ1) is 12.1. The molecule has 0 saturated carbocycles. The molecule has 0 aliphatic rings. The Bertz CT molecular complexity index is 793. The molecule has 1 aromatic rings.